The van der Waals surface area contributed by atoms with Crippen LogP contribution in [-0.2, 0) is 0 Å². The van der Waals surface area contributed by atoms with Crippen molar-refractivity contribution in [1.29, 1.82) is 0 Å². The van der Waals surface area contributed by atoms with E-state index < -0.39 is 0 Å². The minimum absolute atomic E-state index is 0.0448. The van der Waals surface area contributed by atoms with E-state index in [1.165, 1.54) is 0 Å². The Morgan fingerprint density at radius 3 is 2.26 bits per heavy atom. The monoisotopic (exact) mass is 328 g/mol. The van der Waals surface area contributed by atoms with Crippen molar-refractivity contribution < 1.29 is 14.3 Å². The predicted octanol–water partition coefficient (Wildman–Crippen LogP) is 4.23. The van der Waals surface area contributed by atoms with Crippen LogP contribution >= 0.6 is 15.9 Å². The molecule has 0 spiro atoms. The number of benzene rings is 1. The average molecular weight is 329 g/mol. The molecule has 0 amide bonds. The quantitative estimate of drug-likeness (QED) is 0.529. The first-order valence-electron chi connectivity index (χ1n) is 6.68. The van der Waals surface area contributed by atoms with Crippen molar-refractivity contribution in [1.82, 2.24) is 0 Å². The minimum Gasteiger partial charge on any atom is -0.490 e. The van der Waals surface area contributed by atoms with Gasteiger partial charge in [-0.2, -0.15) is 0 Å². The van der Waals surface area contributed by atoms with Crippen LogP contribution in [0, 0.1) is 0 Å². The lowest BCUT2D eigenvalue weighted by atomic mass is 10.1. The molecule has 1 atom stereocenters. The molecule has 0 bridgehead atoms. The highest BCUT2D eigenvalue weighted by Crippen LogP contribution is 2.29. The third kappa shape index (κ3) is 4.86. The molecule has 1 aromatic rings. The van der Waals surface area contributed by atoms with Gasteiger partial charge in [-0.3, -0.25) is 4.79 Å². The number of hydrogen-bond acceptors (Lipinski definition) is 3. The number of hydrogen-bond donors (Lipinski definition) is 0. The van der Waals surface area contributed by atoms with Gasteiger partial charge >= 0.3 is 0 Å². The summed E-state index contributed by atoms with van der Waals surface area (Å²) in [6, 6.07) is 5.36. The van der Waals surface area contributed by atoms with Gasteiger partial charge in [0.05, 0.1) is 18.0 Å². The molecular weight excluding hydrogens is 308 g/mol. The molecule has 0 heterocycles. The van der Waals surface area contributed by atoms with Crippen molar-refractivity contribution in [2.75, 3.05) is 13.2 Å². The van der Waals surface area contributed by atoms with Gasteiger partial charge in [-0.05, 0) is 38.0 Å². The van der Waals surface area contributed by atoms with Crippen molar-refractivity contribution in [3.63, 3.8) is 0 Å². The first kappa shape index (κ1) is 16.0. The lowest BCUT2D eigenvalue weighted by molar-refractivity contribution is 0.0995. The Hall–Kier alpha value is -1.03. The van der Waals surface area contributed by atoms with E-state index >= 15 is 0 Å². The Morgan fingerprint density at radius 1 is 1.16 bits per heavy atom. The summed E-state index contributed by atoms with van der Waals surface area (Å²) in [6.07, 6.45) is 1.85. The summed E-state index contributed by atoms with van der Waals surface area (Å²) in [7, 11) is 0. The van der Waals surface area contributed by atoms with E-state index in [2.05, 4.69) is 22.9 Å². The van der Waals surface area contributed by atoms with Gasteiger partial charge in [-0.1, -0.05) is 29.8 Å². The average Bonchev–Trinajstić information content (AvgIpc) is 2.42. The molecule has 1 unspecified atom stereocenters. The molecule has 106 valence electrons. The molecule has 0 fully saturated rings. The lowest BCUT2D eigenvalue weighted by Gasteiger charge is -2.13. The zero-order chi connectivity index (χ0) is 14.3. The van der Waals surface area contributed by atoms with Crippen LogP contribution in [0.5, 0.6) is 11.5 Å². The Labute approximate surface area is 123 Å². The molecule has 19 heavy (non-hydrogen) atoms. The summed E-state index contributed by atoms with van der Waals surface area (Å²) in [4.78, 5) is 11.8. The molecule has 3 nitrogen and oxygen atoms in total. The van der Waals surface area contributed by atoms with Crippen LogP contribution in [0.15, 0.2) is 18.2 Å². The molecule has 1 rings (SSSR count). The Morgan fingerprint density at radius 2 is 1.74 bits per heavy atom. The normalized spacial score (nSPS) is 12.0. The van der Waals surface area contributed by atoms with E-state index in [1.807, 2.05) is 19.9 Å². The van der Waals surface area contributed by atoms with Crippen molar-refractivity contribution in [3.05, 3.63) is 23.8 Å². The number of carbonyl (C=O) groups is 1. The number of ether oxygens (including phenoxy) is 2. The summed E-state index contributed by atoms with van der Waals surface area (Å²) < 4.78 is 11.3. The van der Waals surface area contributed by atoms with E-state index in [9.17, 15) is 4.79 Å². The third-order valence-electron chi connectivity index (χ3n) is 2.51. The molecule has 1 aromatic carbocycles. The fourth-order valence-corrected chi connectivity index (χ4v) is 1.81. The van der Waals surface area contributed by atoms with Crippen LogP contribution in [0.2, 0.25) is 0 Å². The standard InChI is InChI=1S/C15H21BrO3/c1-4-8-18-13-7-6-12(15(17)11(3)16)10-14(13)19-9-5-2/h6-7,10-11H,4-5,8-9H2,1-3H3. The number of carbonyl (C=O) groups excluding carboxylic acids is 1. The first-order valence-corrected chi connectivity index (χ1v) is 7.59. The zero-order valence-corrected chi connectivity index (χ0v) is 13.3. The van der Waals surface area contributed by atoms with Crippen LogP contribution in [-0.4, -0.2) is 23.8 Å². The highest BCUT2D eigenvalue weighted by Gasteiger charge is 2.15. The van der Waals surface area contributed by atoms with Crippen LogP contribution in [0.25, 0.3) is 0 Å². The van der Waals surface area contributed by atoms with Crippen LogP contribution in [0.3, 0.4) is 0 Å². The zero-order valence-electron chi connectivity index (χ0n) is 11.7. The van der Waals surface area contributed by atoms with Gasteiger partial charge in [0.1, 0.15) is 0 Å². The molecule has 0 saturated heterocycles. The molecular formula is C15H21BrO3. The second-order valence-corrected chi connectivity index (χ2v) is 5.71. The predicted molar refractivity (Wildman–Crippen MR) is 80.7 cm³/mol. The molecule has 0 aromatic heterocycles. The van der Waals surface area contributed by atoms with Crippen LogP contribution in [0.4, 0.5) is 0 Å². The maximum absolute atomic E-state index is 12.0. The van der Waals surface area contributed by atoms with E-state index in [0.717, 1.165) is 12.8 Å². The van der Waals surface area contributed by atoms with Gasteiger partial charge in [0.2, 0.25) is 0 Å². The molecule has 0 saturated carbocycles. The largest absolute Gasteiger partial charge is 0.490 e. The highest BCUT2D eigenvalue weighted by molar-refractivity contribution is 9.10. The number of halogens is 1. The highest BCUT2D eigenvalue weighted by atomic mass is 79.9. The summed E-state index contributed by atoms with van der Waals surface area (Å²) in [5, 5.41) is 0. The SMILES string of the molecule is CCCOc1ccc(C(=O)C(C)Br)cc1OCCC. The van der Waals surface area contributed by atoms with Gasteiger partial charge in [-0.15, -0.1) is 0 Å². The van der Waals surface area contributed by atoms with Gasteiger partial charge in [0.15, 0.2) is 17.3 Å². The van der Waals surface area contributed by atoms with E-state index in [0.29, 0.717) is 30.3 Å². The Kier molecular flexibility index (Phi) is 6.92. The summed E-state index contributed by atoms with van der Waals surface area (Å²) in [5.41, 5.74) is 0.638. The maximum Gasteiger partial charge on any atom is 0.176 e. The fourth-order valence-electron chi connectivity index (χ4n) is 1.55. The molecule has 0 aliphatic rings. The number of ketones is 1. The van der Waals surface area contributed by atoms with E-state index in [-0.39, 0.29) is 10.6 Å². The summed E-state index contributed by atoms with van der Waals surface area (Å²) in [6.45, 7) is 7.17. The smallest absolute Gasteiger partial charge is 0.176 e. The topological polar surface area (TPSA) is 35.5 Å². The summed E-state index contributed by atoms with van der Waals surface area (Å²) >= 11 is 3.29. The molecule has 0 aliphatic carbocycles. The van der Waals surface area contributed by atoms with E-state index in [4.69, 9.17) is 9.47 Å². The third-order valence-corrected chi connectivity index (χ3v) is 2.93. The Bertz CT molecular complexity index is 416. The Balaban J connectivity index is 2.96. The number of alkyl halides is 1. The molecule has 0 radical (unpaired) electrons. The van der Waals surface area contributed by atoms with Crippen LogP contribution < -0.4 is 9.47 Å². The maximum atomic E-state index is 12.0. The molecule has 4 heteroatoms. The van der Waals surface area contributed by atoms with Crippen molar-refractivity contribution in [2.45, 2.75) is 38.4 Å². The van der Waals surface area contributed by atoms with Crippen molar-refractivity contribution >= 4 is 21.7 Å². The van der Waals surface area contributed by atoms with Gasteiger partial charge in [0, 0.05) is 5.56 Å². The number of rotatable bonds is 8. The van der Waals surface area contributed by atoms with Crippen molar-refractivity contribution in [3.8, 4) is 11.5 Å². The van der Waals surface area contributed by atoms with Gasteiger partial charge in [0.25, 0.3) is 0 Å². The second kappa shape index (κ2) is 8.20. The lowest BCUT2D eigenvalue weighted by Crippen LogP contribution is -2.10. The summed E-state index contributed by atoms with van der Waals surface area (Å²) in [5.74, 6) is 1.40. The first-order chi connectivity index (χ1) is 9.10. The van der Waals surface area contributed by atoms with Crippen molar-refractivity contribution in [2.24, 2.45) is 0 Å². The number of Topliss-reactive ketones (excluding diaryl/α,β-unsaturated/α-hetero) is 1. The minimum atomic E-state index is -0.200. The molecule has 0 N–H and O–H groups in total. The fraction of sp³-hybridized carbons (Fsp3) is 0.533. The second-order valence-electron chi connectivity index (χ2n) is 4.34. The molecule has 0 aliphatic heterocycles. The van der Waals surface area contributed by atoms with E-state index in [1.54, 1.807) is 12.1 Å². The van der Waals surface area contributed by atoms with Gasteiger partial charge < -0.3 is 9.47 Å². The van der Waals surface area contributed by atoms with Crippen LogP contribution in [0.1, 0.15) is 44.0 Å². The van der Waals surface area contributed by atoms with Gasteiger partial charge in [-0.25, -0.2) is 0 Å².